The average molecular weight is 279 g/mol. The maximum Gasteiger partial charge on any atom is 0.151 e. The zero-order valence-electron chi connectivity index (χ0n) is 11.8. The Kier molecular flexibility index (Phi) is 5.10. The summed E-state index contributed by atoms with van der Waals surface area (Å²) < 4.78 is 5.43. The van der Waals surface area contributed by atoms with Gasteiger partial charge in [0.25, 0.3) is 0 Å². The summed E-state index contributed by atoms with van der Waals surface area (Å²) in [5.74, 6) is 0.990. The molecular formula is C14H21N3OS. The van der Waals surface area contributed by atoms with Crippen molar-refractivity contribution >= 4 is 11.3 Å². The van der Waals surface area contributed by atoms with Gasteiger partial charge >= 0.3 is 0 Å². The Hall–Kier alpha value is -1.20. The summed E-state index contributed by atoms with van der Waals surface area (Å²) in [6, 6.07) is 2.52. The van der Waals surface area contributed by atoms with Crippen molar-refractivity contribution < 1.29 is 4.42 Å². The molecule has 0 aliphatic heterocycles. The molecule has 19 heavy (non-hydrogen) atoms. The van der Waals surface area contributed by atoms with E-state index in [1.54, 1.807) is 17.6 Å². The van der Waals surface area contributed by atoms with Gasteiger partial charge in [0.2, 0.25) is 0 Å². The van der Waals surface area contributed by atoms with Crippen molar-refractivity contribution in [1.29, 1.82) is 0 Å². The summed E-state index contributed by atoms with van der Waals surface area (Å²) in [4.78, 5) is 0. The number of furan rings is 1. The summed E-state index contributed by atoms with van der Waals surface area (Å²) in [6.45, 7) is 7.43. The Balaban J connectivity index is 1.92. The van der Waals surface area contributed by atoms with E-state index >= 15 is 0 Å². The molecule has 0 aromatic carbocycles. The Morgan fingerprint density at radius 3 is 2.95 bits per heavy atom. The van der Waals surface area contributed by atoms with Gasteiger partial charge in [-0.1, -0.05) is 32.1 Å². The number of nitrogens with one attached hydrogen (secondary N) is 1. The molecule has 0 bridgehead atoms. The van der Waals surface area contributed by atoms with E-state index in [9.17, 15) is 0 Å². The van der Waals surface area contributed by atoms with Crippen LogP contribution in [0.5, 0.6) is 0 Å². The lowest BCUT2D eigenvalue weighted by molar-refractivity contribution is 0.517. The van der Waals surface area contributed by atoms with Gasteiger partial charge in [0.15, 0.2) is 5.01 Å². The molecule has 1 N–H and O–H groups in total. The minimum Gasteiger partial charge on any atom is -0.469 e. The number of rotatable bonds is 7. The van der Waals surface area contributed by atoms with Crippen molar-refractivity contribution in [2.75, 3.05) is 6.54 Å². The summed E-state index contributed by atoms with van der Waals surface area (Å²) in [5.41, 5.74) is 1.09. The highest BCUT2D eigenvalue weighted by atomic mass is 32.1. The van der Waals surface area contributed by atoms with E-state index in [0.29, 0.717) is 6.04 Å². The van der Waals surface area contributed by atoms with Crippen molar-refractivity contribution in [3.05, 3.63) is 23.1 Å². The van der Waals surface area contributed by atoms with E-state index in [0.717, 1.165) is 47.1 Å². The molecule has 4 nitrogen and oxygen atoms in total. The second kappa shape index (κ2) is 6.82. The van der Waals surface area contributed by atoms with Gasteiger partial charge in [-0.3, -0.25) is 0 Å². The molecule has 2 aromatic heterocycles. The molecule has 104 valence electrons. The number of hydrogen-bond acceptors (Lipinski definition) is 5. The Morgan fingerprint density at radius 2 is 2.21 bits per heavy atom. The molecule has 2 rings (SSSR count). The number of nitrogens with zero attached hydrogens (tertiary/aromatic N) is 2. The first kappa shape index (κ1) is 14.2. The third-order valence-corrected chi connectivity index (χ3v) is 3.90. The monoisotopic (exact) mass is 279 g/mol. The van der Waals surface area contributed by atoms with Gasteiger partial charge in [0, 0.05) is 18.9 Å². The third kappa shape index (κ3) is 3.88. The van der Waals surface area contributed by atoms with Gasteiger partial charge in [-0.25, -0.2) is 0 Å². The fourth-order valence-corrected chi connectivity index (χ4v) is 2.82. The predicted molar refractivity (Wildman–Crippen MR) is 78.4 cm³/mol. The summed E-state index contributed by atoms with van der Waals surface area (Å²) in [7, 11) is 0. The van der Waals surface area contributed by atoms with E-state index < -0.39 is 0 Å². The molecule has 0 aliphatic carbocycles. The zero-order valence-corrected chi connectivity index (χ0v) is 12.6. The van der Waals surface area contributed by atoms with Crippen LogP contribution in [0.4, 0.5) is 0 Å². The third-order valence-electron chi connectivity index (χ3n) is 2.88. The standard InChI is InChI=1S/C14H21N3OS/c1-4-12-11(7-9-18-12)14-17-16-13(19-14)6-5-8-15-10(2)3/h7,9-10,15H,4-6,8H2,1-3H3. The van der Waals surface area contributed by atoms with Crippen LogP contribution in [0, 0.1) is 0 Å². The van der Waals surface area contributed by atoms with Gasteiger partial charge < -0.3 is 9.73 Å². The minimum absolute atomic E-state index is 0.544. The molecule has 0 unspecified atom stereocenters. The maximum atomic E-state index is 5.43. The van der Waals surface area contributed by atoms with Crippen LogP contribution in [0.15, 0.2) is 16.7 Å². The molecule has 0 spiro atoms. The first-order valence-corrected chi connectivity index (χ1v) is 7.64. The lowest BCUT2D eigenvalue weighted by atomic mass is 10.2. The van der Waals surface area contributed by atoms with Crippen LogP contribution in [-0.4, -0.2) is 22.8 Å². The minimum atomic E-state index is 0.544. The lowest BCUT2D eigenvalue weighted by Gasteiger charge is -2.05. The van der Waals surface area contributed by atoms with E-state index in [4.69, 9.17) is 4.42 Å². The van der Waals surface area contributed by atoms with E-state index in [-0.39, 0.29) is 0 Å². The first-order valence-electron chi connectivity index (χ1n) is 6.83. The van der Waals surface area contributed by atoms with Crippen LogP contribution in [0.1, 0.15) is 38.0 Å². The highest BCUT2D eigenvalue weighted by Gasteiger charge is 2.12. The smallest absolute Gasteiger partial charge is 0.151 e. The normalized spacial score (nSPS) is 11.4. The summed E-state index contributed by atoms with van der Waals surface area (Å²) >= 11 is 1.67. The largest absolute Gasteiger partial charge is 0.469 e. The molecule has 0 atom stereocenters. The summed E-state index contributed by atoms with van der Waals surface area (Å²) in [6.07, 6.45) is 4.69. The van der Waals surface area contributed by atoms with Crippen LogP contribution in [0.3, 0.4) is 0 Å². The van der Waals surface area contributed by atoms with Crippen molar-refractivity contribution in [2.45, 2.75) is 46.1 Å². The molecule has 0 saturated carbocycles. The number of aromatic nitrogens is 2. The van der Waals surface area contributed by atoms with Crippen molar-refractivity contribution in [3.63, 3.8) is 0 Å². The molecule has 2 aromatic rings. The SMILES string of the molecule is CCc1occc1-c1nnc(CCCNC(C)C)s1. The number of hydrogen-bond donors (Lipinski definition) is 1. The fourth-order valence-electron chi connectivity index (χ4n) is 1.90. The summed E-state index contributed by atoms with van der Waals surface area (Å²) in [5, 5.41) is 14.0. The van der Waals surface area contributed by atoms with Gasteiger partial charge in [-0.2, -0.15) is 0 Å². The average Bonchev–Trinajstić information content (AvgIpc) is 3.02. The maximum absolute atomic E-state index is 5.43. The molecule has 0 fully saturated rings. The van der Waals surface area contributed by atoms with Gasteiger partial charge in [-0.15, -0.1) is 10.2 Å². The van der Waals surface area contributed by atoms with Crippen LogP contribution >= 0.6 is 11.3 Å². The van der Waals surface area contributed by atoms with Crippen LogP contribution in [-0.2, 0) is 12.8 Å². The molecule has 2 heterocycles. The molecule has 0 saturated heterocycles. The van der Waals surface area contributed by atoms with E-state index in [2.05, 4.69) is 36.3 Å². The molecule has 0 aliphatic rings. The quantitative estimate of drug-likeness (QED) is 0.790. The van der Waals surface area contributed by atoms with E-state index in [1.807, 2.05) is 6.07 Å². The van der Waals surface area contributed by atoms with Crippen molar-refractivity contribution in [1.82, 2.24) is 15.5 Å². The van der Waals surface area contributed by atoms with Crippen molar-refractivity contribution in [2.24, 2.45) is 0 Å². The van der Waals surface area contributed by atoms with Crippen LogP contribution < -0.4 is 5.32 Å². The van der Waals surface area contributed by atoms with Crippen molar-refractivity contribution in [3.8, 4) is 10.6 Å². The molecule has 0 radical (unpaired) electrons. The molecule has 0 amide bonds. The first-order chi connectivity index (χ1) is 9.20. The lowest BCUT2D eigenvalue weighted by Crippen LogP contribution is -2.23. The van der Waals surface area contributed by atoms with Crippen LogP contribution in [0.25, 0.3) is 10.6 Å². The fraction of sp³-hybridized carbons (Fsp3) is 0.571. The second-order valence-electron chi connectivity index (χ2n) is 4.82. The molecular weight excluding hydrogens is 258 g/mol. The van der Waals surface area contributed by atoms with Gasteiger partial charge in [0.1, 0.15) is 10.8 Å². The zero-order chi connectivity index (χ0) is 13.7. The van der Waals surface area contributed by atoms with Crippen LogP contribution in [0.2, 0.25) is 0 Å². The Bertz CT molecular complexity index is 504. The Morgan fingerprint density at radius 1 is 1.37 bits per heavy atom. The highest BCUT2D eigenvalue weighted by molar-refractivity contribution is 7.14. The molecule has 5 heteroatoms. The second-order valence-corrected chi connectivity index (χ2v) is 5.89. The van der Waals surface area contributed by atoms with Gasteiger partial charge in [0.05, 0.1) is 11.8 Å². The van der Waals surface area contributed by atoms with Gasteiger partial charge in [-0.05, 0) is 19.0 Å². The predicted octanol–water partition coefficient (Wildman–Crippen LogP) is 3.29. The Labute approximate surface area is 118 Å². The highest BCUT2D eigenvalue weighted by Crippen LogP contribution is 2.28. The van der Waals surface area contributed by atoms with E-state index in [1.165, 1.54) is 0 Å². The number of aryl methyl sites for hydroxylation is 2. The topological polar surface area (TPSA) is 51.0 Å².